The van der Waals surface area contributed by atoms with Gasteiger partial charge in [-0.05, 0) is 65.6 Å². The fourth-order valence-electron chi connectivity index (χ4n) is 8.87. The zero-order valence-corrected chi connectivity index (χ0v) is 39.9. The van der Waals surface area contributed by atoms with Gasteiger partial charge in [-0.3, -0.25) is 28.9 Å². The summed E-state index contributed by atoms with van der Waals surface area (Å²) in [4.78, 5) is 79.8. The molecule has 0 aliphatic carbocycles. The van der Waals surface area contributed by atoms with Gasteiger partial charge in [-0.1, -0.05) is 48.5 Å². The number of aliphatic hydroxyl groups is 1. The molecule has 21 heteroatoms. The molecule has 2 fully saturated rings. The van der Waals surface area contributed by atoms with Gasteiger partial charge >= 0.3 is 0 Å². The maximum Gasteiger partial charge on any atom is 0.264 e. The van der Waals surface area contributed by atoms with Crippen molar-refractivity contribution in [3.05, 3.63) is 95.3 Å². The fourth-order valence-corrected chi connectivity index (χ4v) is 9.17. The SMILES string of the molecule is C=CC(=O)N1CCN(c2nc(NCCC(=O)N(C)CCOCCOCCOCCNc3cccc4c3C(=O)N(C3CCC(O)NC3=O)C4=O)nc3c(F)c(-c4cc(O)cc5ccccc45)c(Cl)cc23)CC1. The second-order valence-corrected chi connectivity index (χ2v) is 17.5. The zero-order valence-electron chi connectivity index (χ0n) is 39.1. The Kier molecular flexibility index (Phi) is 16.2. The molecule has 19 nitrogen and oxygen atoms in total. The number of piperidine rings is 1. The van der Waals surface area contributed by atoms with E-state index in [1.807, 2.05) is 29.2 Å². The second kappa shape index (κ2) is 22.8. The van der Waals surface area contributed by atoms with Crippen LogP contribution in [0.25, 0.3) is 32.8 Å². The summed E-state index contributed by atoms with van der Waals surface area (Å²) in [5.74, 6) is -2.27. The number of phenolic OH excluding ortho intramolecular Hbond substituents is 1. The lowest BCUT2D eigenvalue weighted by atomic mass is 9.96. The van der Waals surface area contributed by atoms with Crippen molar-refractivity contribution in [2.24, 2.45) is 0 Å². The largest absolute Gasteiger partial charge is 0.508 e. The third-order valence-corrected chi connectivity index (χ3v) is 12.9. The Morgan fingerprint density at radius 1 is 0.873 bits per heavy atom. The minimum Gasteiger partial charge on any atom is -0.508 e. The van der Waals surface area contributed by atoms with Crippen LogP contribution in [-0.4, -0.2) is 169 Å². The van der Waals surface area contributed by atoms with E-state index in [1.54, 1.807) is 47.2 Å². The number of halogens is 2. The smallest absolute Gasteiger partial charge is 0.264 e. The van der Waals surface area contributed by atoms with Gasteiger partial charge in [0.1, 0.15) is 29.4 Å². The summed E-state index contributed by atoms with van der Waals surface area (Å²) in [5, 5.41) is 30.8. The summed E-state index contributed by atoms with van der Waals surface area (Å²) in [6.07, 6.45) is 0.749. The number of aromatic hydroxyl groups is 1. The summed E-state index contributed by atoms with van der Waals surface area (Å²) in [5.41, 5.74) is 1.33. The van der Waals surface area contributed by atoms with Crippen molar-refractivity contribution in [1.82, 2.24) is 30.0 Å². The molecule has 71 heavy (non-hydrogen) atoms. The Morgan fingerprint density at radius 2 is 1.61 bits per heavy atom. The predicted molar refractivity (Wildman–Crippen MR) is 264 cm³/mol. The number of carbonyl (C=O) groups is 5. The van der Waals surface area contributed by atoms with E-state index in [2.05, 4.69) is 27.5 Å². The number of fused-ring (bicyclic) bond motifs is 3. The first-order chi connectivity index (χ1) is 34.3. The number of likely N-dealkylation sites (N-methyl/N-ethyl adjacent to an activating group) is 1. The van der Waals surface area contributed by atoms with E-state index in [0.29, 0.717) is 98.9 Å². The number of nitrogens with zero attached hydrogens (tertiary/aromatic N) is 6. The van der Waals surface area contributed by atoms with Gasteiger partial charge in [0, 0.05) is 75.9 Å². The lowest BCUT2D eigenvalue weighted by molar-refractivity contribution is -0.131. The monoisotopic (exact) mass is 995 g/mol. The highest BCUT2D eigenvalue weighted by Crippen LogP contribution is 2.42. The number of phenols is 1. The highest BCUT2D eigenvalue weighted by molar-refractivity contribution is 6.35. The van der Waals surface area contributed by atoms with Gasteiger partial charge in [0.05, 0.1) is 55.8 Å². The molecule has 0 saturated carbocycles. The number of rotatable bonds is 21. The third-order valence-electron chi connectivity index (χ3n) is 12.6. The maximum atomic E-state index is 16.9. The topological polar surface area (TPSA) is 228 Å². The van der Waals surface area contributed by atoms with Gasteiger partial charge in [-0.15, -0.1) is 0 Å². The summed E-state index contributed by atoms with van der Waals surface area (Å²) >= 11 is 6.86. The molecule has 3 aliphatic rings. The first-order valence-corrected chi connectivity index (χ1v) is 23.7. The van der Waals surface area contributed by atoms with Crippen LogP contribution in [0.1, 0.15) is 40.0 Å². The van der Waals surface area contributed by atoms with E-state index in [4.69, 9.17) is 30.8 Å². The summed E-state index contributed by atoms with van der Waals surface area (Å²) in [6, 6.07) is 15.9. The molecule has 0 bridgehead atoms. The molecule has 0 radical (unpaired) electrons. The van der Waals surface area contributed by atoms with Crippen LogP contribution >= 0.6 is 11.6 Å². The van der Waals surface area contributed by atoms with Crippen LogP contribution in [0, 0.1) is 5.82 Å². The molecule has 4 heterocycles. The Morgan fingerprint density at radius 3 is 2.35 bits per heavy atom. The van der Waals surface area contributed by atoms with E-state index in [-0.39, 0.29) is 89.8 Å². The van der Waals surface area contributed by atoms with Gasteiger partial charge in [0.15, 0.2) is 5.82 Å². The van der Waals surface area contributed by atoms with Crippen molar-refractivity contribution >= 4 is 80.3 Å². The van der Waals surface area contributed by atoms with Gasteiger partial charge in [0.25, 0.3) is 11.8 Å². The van der Waals surface area contributed by atoms with Crippen LogP contribution in [0.3, 0.4) is 0 Å². The highest BCUT2D eigenvalue weighted by Gasteiger charge is 2.45. The van der Waals surface area contributed by atoms with Crippen molar-refractivity contribution in [3.8, 4) is 16.9 Å². The van der Waals surface area contributed by atoms with Crippen molar-refractivity contribution < 1.29 is 52.8 Å². The minimum absolute atomic E-state index is 0.00409. The minimum atomic E-state index is -1.00. The molecule has 2 unspecified atom stereocenters. The standard InChI is InChI=1S/C50H55ClFN9O10/c1-3-40(64)59-16-18-60(19-17-59)46-35-29-36(51)42(34-28-31(62)27-30-7-4-5-8-32(30)34)44(52)45(35)56-50(57-46)54-14-13-41(65)58(2)20-22-70-24-26-71-25-23-69-21-15-53-37-10-6-9-33-43(37)49(68)61(48(33)67)38-11-12-39(63)55-47(38)66/h3-10,27-29,38-39,53,62-63H,1,11-26H2,2H3,(H,55,66)(H,54,56,57). The molecule has 5 aromatic rings. The number of anilines is 3. The normalized spacial score (nSPS) is 16.9. The van der Waals surface area contributed by atoms with Crippen LogP contribution in [0.15, 0.2) is 73.3 Å². The lowest BCUT2D eigenvalue weighted by Gasteiger charge is -2.35. The summed E-state index contributed by atoms with van der Waals surface area (Å²) in [6.45, 7) is 7.77. The molecule has 5 N–H and O–H groups in total. The average Bonchev–Trinajstić information content (AvgIpc) is 3.62. The van der Waals surface area contributed by atoms with Crippen molar-refractivity contribution in [1.29, 1.82) is 0 Å². The number of carbonyl (C=O) groups excluding carboxylic acids is 5. The van der Waals surface area contributed by atoms with E-state index >= 15 is 4.39 Å². The first kappa shape index (κ1) is 50.4. The number of ether oxygens (including phenoxy) is 3. The van der Waals surface area contributed by atoms with E-state index < -0.39 is 35.8 Å². The third kappa shape index (κ3) is 11.3. The van der Waals surface area contributed by atoms with Gasteiger partial charge in [-0.2, -0.15) is 4.98 Å². The Bertz CT molecular complexity index is 2850. The highest BCUT2D eigenvalue weighted by atomic mass is 35.5. The van der Waals surface area contributed by atoms with E-state index in [9.17, 15) is 34.2 Å². The number of hydrogen-bond donors (Lipinski definition) is 5. The number of hydrogen-bond acceptors (Lipinski definition) is 15. The molecule has 5 amide bonds. The molecule has 3 aliphatic heterocycles. The van der Waals surface area contributed by atoms with Crippen LogP contribution in [0.5, 0.6) is 5.75 Å². The molecular weight excluding hydrogens is 941 g/mol. The second-order valence-electron chi connectivity index (χ2n) is 17.1. The Hall–Kier alpha value is -6.97. The van der Waals surface area contributed by atoms with Crippen molar-refractivity contribution in [3.63, 3.8) is 0 Å². The average molecular weight is 996 g/mol. The lowest BCUT2D eigenvalue weighted by Crippen LogP contribution is -2.55. The maximum absolute atomic E-state index is 16.9. The molecule has 2 atom stereocenters. The van der Waals surface area contributed by atoms with Crippen LogP contribution in [0.4, 0.5) is 21.8 Å². The molecule has 2 saturated heterocycles. The Balaban J connectivity index is 0.770. The number of benzene rings is 4. The number of aliphatic hydroxyl groups excluding tert-OH is 1. The van der Waals surface area contributed by atoms with Crippen LogP contribution < -0.4 is 20.9 Å². The van der Waals surface area contributed by atoms with Gasteiger partial charge in [-0.25, -0.2) is 9.37 Å². The van der Waals surface area contributed by atoms with Gasteiger partial charge < -0.3 is 55.1 Å². The van der Waals surface area contributed by atoms with E-state index in [1.165, 1.54) is 12.1 Å². The first-order valence-electron chi connectivity index (χ1n) is 23.4. The van der Waals surface area contributed by atoms with Gasteiger partial charge in [0.2, 0.25) is 23.7 Å². The van der Waals surface area contributed by atoms with Crippen molar-refractivity contribution in [2.45, 2.75) is 31.5 Å². The molecule has 0 spiro atoms. The Labute approximate surface area is 413 Å². The quantitative estimate of drug-likeness (QED) is 0.0390. The molecule has 1 aromatic heterocycles. The number of aromatic nitrogens is 2. The van der Waals surface area contributed by atoms with E-state index in [0.717, 1.165) is 4.90 Å². The zero-order chi connectivity index (χ0) is 50.2. The van der Waals surface area contributed by atoms with Crippen LogP contribution in [-0.2, 0) is 28.6 Å². The predicted octanol–water partition coefficient (Wildman–Crippen LogP) is 4.40. The molecule has 8 rings (SSSR count). The van der Waals surface area contributed by atoms with Crippen molar-refractivity contribution in [2.75, 3.05) is 108 Å². The number of piperazine rings is 1. The summed E-state index contributed by atoms with van der Waals surface area (Å²) in [7, 11) is 1.67. The molecule has 4 aromatic carbocycles. The summed E-state index contributed by atoms with van der Waals surface area (Å²) < 4.78 is 33.9. The molecular formula is C50H55ClFN9O10. The molecule has 374 valence electrons. The van der Waals surface area contributed by atoms with Crippen LogP contribution in [0.2, 0.25) is 5.02 Å². The number of nitrogens with one attached hydrogen (secondary N) is 3. The number of amides is 5. The fraction of sp³-hybridized carbons (Fsp3) is 0.380. The number of imide groups is 1.